The van der Waals surface area contributed by atoms with Crippen LogP contribution in [0.25, 0.3) is 10.4 Å². The number of hydrogen-bond acceptors (Lipinski definition) is 6. The van der Waals surface area contributed by atoms with Crippen LogP contribution >= 0.6 is 11.3 Å². The number of rotatable bonds is 7. The van der Waals surface area contributed by atoms with Gasteiger partial charge in [-0.1, -0.05) is 19.0 Å². The largest absolute Gasteiger partial charge is 0.361 e. The van der Waals surface area contributed by atoms with Gasteiger partial charge in [-0.2, -0.15) is 0 Å². The molecule has 0 spiro atoms. The minimum Gasteiger partial charge on any atom is -0.361 e. The second kappa shape index (κ2) is 7.34. The van der Waals surface area contributed by atoms with Crippen molar-refractivity contribution in [2.24, 2.45) is 5.92 Å². The fourth-order valence-corrected chi connectivity index (χ4v) is 5.22. The highest BCUT2D eigenvalue weighted by Gasteiger charge is 2.20. The first-order valence-corrected chi connectivity index (χ1v) is 10.6. The average molecular weight is 395 g/mol. The molecule has 0 aliphatic heterocycles. The highest BCUT2D eigenvalue weighted by Crippen LogP contribution is 2.34. The maximum atomic E-state index is 12.6. The molecular weight excluding hydrogens is 372 g/mol. The molecule has 3 aromatic heterocycles. The van der Waals surface area contributed by atoms with E-state index in [4.69, 9.17) is 4.52 Å². The third kappa shape index (κ3) is 3.89. The first-order chi connectivity index (χ1) is 12.3. The van der Waals surface area contributed by atoms with E-state index in [1.54, 1.807) is 24.7 Å². The number of aryl methyl sites for hydroxylation is 2. The van der Waals surface area contributed by atoms with Gasteiger partial charge in [0.1, 0.15) is 9.97 Å². The van der Waals surface area contributed by atoms with E-state index in [1.165, 1.54) is 11.3 Å². The van der Waals surface area contributed by atoms with Crippen molar-refractivity contribution in [3.05, 3.63) is 41.8 Å². The van der Waals surface area contributed by atoms with Crippen molar-refractivity contribution in [3.8, 4) is 10.4 Å². The topological polar surface area (TPSA) is 90.0 Å². The number of sulfonamides is 1. The van der Waals surface area contributed by atoms with Crippen molar-refractivity contribution < 1.29 is 12.9 Å². The summed E-state index contributed by atoms with van der Waals surface area (Å²) in [6.45, 7) is 8.87. The summed E-state index contributed by atoms with van der Waals surface area (Å²) >= 11 is 1.21. The van der Waals surface area contributed by atoms with Gasteiger partial charge in [0.05, 0.1) is 29.8 Å². The molecule has 3 aromatic rings. The van der Waals surface area contributed by atoms with Crippen LogP contribution in [0.5, 0.6) is 0 Å². The molecule has 0 atom stereocenters. The zero-order valence-electron chi connectivity index (χ0n) is 15.2. The van der Waals surface area contributed by atoms with Crippen molar-refractivity contribution in [3.63, 3.8) is 0 Å². The number of hydrogen-bond donors (Lipinski definition) is 1. The monoisotopic (exact) mass is 394 g/mol. The van der Waals surface area contributed by atoms with E-state index in [1.807, 2.05) is 18.4 Å². The van der Waals surface area contributed by atoms with Gasteiger partial charge in [0, 0.05) is 17.6 Å². The standard InChI is InChI=1S/C17H22N4O3S2/c1-11(2)9-21-10-18-7-14(21)8-19-26(22,23)16-6-5-15(25-16)17-12(3)20-24-13(17)4/h5-7,10-11,19H,8-9H2,1-4H3. The van der Waals surface area contributed by atoms with Crippen LogP contribution in [0, 0.1) is 19.8 Å². The predicted molar refractivity (Wildman–Crippen MR) is 100 cm³/mol. The Labute approximate surface area is 157 Å². The Morgan fingerprint density at radius 2 is 2.08 bits per heavy atom. The Kier molecular flexibility index (Phi) is 5.31. The van der Waals surface area contributed by atoms with Gasteiger partial charge in [0.2, 0.25) is 10.0 Å². The van der Waals surface area contributed by atoms with Crippen molar-refractivity contribution in [1.82, 2.24) is 19.4 Å². The lowest BCUT2D eigenvalue weighted by Crippen LogP contribution is -2.24. The second-order valence-corrected chi connectivity index (χ2v) is 9.65. The predicted octanol–water partition coefficient (Wildman–Crippen LogP) is 3.35. The average Bonchev–Trinajstić information content (AvgIpc) is 3.26. The molecule has 7 nitrogen and oxygen atoms in total. The molecule has 26 heavy (non-hydrogen) atoms. The maximum absolute atomic E-state index is 12.6. The van der Waals surface area contributed by atoms with Crippen molar-refractivity contribution >= 4 is 21.4 Å². The Morgan fingerprint density at radius 1 is 1.31 bits per heavy atom. The van der Waals surface area contributed by atoms with Gasteiger partial charge in [0.25, 0.3) is 0 Å². The molecule has 0 radical (unpaired) electrons. The Balaban J connectivity index is 1.77. The molecule has 0 saturated heterocycles. The Bertz CT molecular complexity index is 980. The van der Waals surface area contributed by atoms with Gasteiger partial charge in [-0.3, -0.25) is 0 Å². The lowest BCUT2D eigenvalue weighted by atomic mass is 10.2. The van der Waals surface area contributed by atoms with Gasteiger partial charge in [-0.15, -0.1) is 11.3 Å². The SMILES string of the molecule is Cc1noc(C)c1-c1ccc(S(=O)(=O)NCc2cncn2CC(C)C)s1. The molecule has 3 heterocycles. The maximum Gasteiger partial charge on any atom is 0.250 e. The molecule has 1 N–H and O–H groups in total. The number of thiophene rings is 1. The molecule has 0 aliphatic rings. The van der Waals surface area contributed by atoms with Gasteiger partial charge in [-0.25, -0.2) is 18.1 Å². The Morgan fingerprint density at radius 3 is 2.73 bits per heavy atom. The first kappa shape index (κ1) is 18.8. The lowest BCUT2D eigenvalue weighted by Gasteiger charge is -2.11. The van der Waals surface area contributed by atoms with Gasteiger partial charge >= 0.3 is 0 Å². The first-order valence-electron chi connectivity index (χ1n) is 8.29. The minimum absolute atomic E-state index is 0.202. The molecule has 140 valence electrons. The zero-order chi connectivity index (χ0) is 18.9. The summed E-state index contributed by atoms with van der Waals surface area (Å²) in [5.41, 5.74) is 2.44. The molecule has 0 aromatic carbocycles. The summed E-state index contributed by atoms with van der Waals surface area (Å²) < 4.78 is 35.4. The number of nitrogens with zero attached hydrogens (tertiary/aromatic N) is 3. The summed E-state index contributed by atoms with van der Waals surface area (Å²) in [5, 5.41) is 3.92. The molecule has 9 heteroatoms. The molecule has 0 aliphatic carbocycles. The van der Waals surface area contributed by atoms with E-state index in [2.05, 4.69) is 28.7 Å². The highest BCUT2D eigenvalue weighted by atomic mass is 32.2. The van der Waals surface area contributed by atoms with Crippen LogP contribution in [0.2, 0.25) is 0 Å². The summed E-state index contributed by atoms with van der Waals surface area (Å²) in [6.07, 6.45) is 3.42. The molecular formula is C17H22N4O3S2. The fraction of sp³-hybridized carbons (Fsp3) is 0.412. The molecule has 0 fully saturated rings. The normalized spacial score (nSPS) is 12.2. The summed E-state index contributed by atoms with van der Waals surface area (Å²) in [5.74, 6) is 1.13. The van der Waals surface area contributed by atoms with Crippen LogP contribution in [0.1, 0.15) is 31.0 Å². The van der Waals surface area contributed by atoms with Crippen LogP contribution in [-0.2, 0) is 23.1 Å². The van der Waals surface area contributed by atoms with Crippen LogP contribution < -0.4 is 4.72 Å². The van der Waals surface area contributed by atoms with Crippen LogP contribution in [0.15, 0.2) is 33.4 Å². The van der Waals surface area contributed by atoms with Crippen LogP contribution in [0.3, 0.4) is 0 Å². The highest BCUT2D eigenvalue weighted by molar-refractivity contribution is 7.91. The molecule has 0 bridgehead atoms. The van der Waals surface area contributed by atoms with Gasteiger partial charge in [0.15, 0.2) is 0 Å². The summed E-state index contributed by atoms with van der Waals surface area (Å²) in [4.78, 5) is 4.94. The van der Waals surface area contributed by atoms with E-state index in [0.717, 1.165) is 28.4 Å². The number of aromatic nitrogens is 3. The van der Waals surface area contributed by atoms with E-state index < -0.39 is 10.0 Å². The number of nitrogens with one attached hydrogen (secondary N) is 1. The third-order valence-electron chi connectivity index (χ3n) is 3.93. The second-order valence-electron chi connectivity index (χ2n) is 6.57. The third-order valence-corrected chi connectivity index (χ3v) is 6.93. The van der Waals surface area contributed by atoms with E-state index in [0.29, 0.717) is 11.7 Å². The van der Waals surface area contributed by atoms with Gasteiger partial charge in [-0.05, 0) is 31.9 Å². The van der Waals surface area contributed by atoms with Crippen molar-refractivity contribution in [2.75, 3.05) is 0 Å². The lowest BCUT2D eigenvalue weighted by molar-refractivity contribution is 0.393. The quantitative estimate of drug-likeness (QED) is 0.664. The smallest absolute Gasteiger partial charge is 0.250 e. The van der Waals surface area contributed by atoms with Crippen LogP contribution in [0.4, 0.5) is 0 Å². The van der Waals surface area contributed by atoms with E-state index in [9.17, 15) is 8.42 Å². The number of imidazole rings is 1. The summed E-state index contributed by atoms with van der Waals surface area (Å²) in [6, 6.07) is 3.40. The zero-order valence-corrected chi connectivity index (χ0v) is 16.8. The van der Waals surface area contributed by atoms with E-state index in [-0.39, 0.29) is 10.8 Å². The van der Waals surface area contributed by atoms with E-state index >= 15 is 0 Å². The fourth-order valence-electron chi connectivity index (χ4n) is 2.73. The minimum atomic E-state index is -3.60. The molecule has 0 amide bonds. The van der Waals surface area contributed by atoms with Crippen LogP contribution in [-0.4, -0.2) is 23.1 Å². The summed E-state index contributed by atoms with van der Waals surface area (Å²) in [7, 11) is -3.60. The van der Waals surface area contributed by atoms with Crippen molar-refractivity contribution in [1.29, 1.82) is 0 Å². The molecule has 0 unspecified atom stereocenters. The van der Waals surface area contributed by atoms with Crippen molar-refractivity contribution in [2.45, 2.75) is 45.0 Å². The Hall–Kier alpha value is -1.97. The van der Waals surface area contributed by atoms with Gasteiger partial charge < -0.3 is 9.09 Å². The molecule has 3 rings (SSSR count). The molecule has 0 saturated carbocycles.